The van der Waals surface area contributed by atoms with Crippen LogP contribution in [-0.2, 0) is 0 Å². The fraction of sp³-hybridized carbons (Fsp3) is 0. The van der Waals surface area contributed by atoms with Crippen molar-refractivity contribution in [2.24, 2.45) is 0 Å². The number of carbonyl (C=O) groups excluding carboxylic acids is 1. The third-order valence-electron chi connectivity index (χ3n) is 3.37. The summed E-state index contributed by atoms with van der Waals surface area (Å²) in [6.45, 7) is 0. The highest BCUT2D eigenvalue weighted by Gasteiger charge is 2.20. The van der Waals surface area contributed by atoms with Crippen LogP contribution in [-0.4, -0.2) is 35.0 Å². The molecule has 4 aromatic rings. The fourth-order valence-corrected chi connectivity index (χ4v) is 2.80. The van der Waals surface area contributed by atoms with Gasteiger partial charge in [0.05, 0.1) is 16.7 Å². The molecule has 10 nitrogen and oxygen atoms in total. The van der Waals surface area contributed by atoms with Gasteiger partial charge in [0.25, 0.3) is 11.6 Å². The molecule has 0 spiro atoms. The highest BCUT2D eigenvalue weighted by atomic mass is 32.1. The highest BCUT2D eigenvalue weighted by molar-refractivity contribution is 7.00. The van der Waals surface area contributed by atoms with Gasteiger partial charge >= 0.3 is 0 Å². The summed E-state index contributed by atoms with van der Waals surface area (Å²) < 4.78 is 7.86. The fourth-order valence-electron chi connectivity index (χ4n) is 2.26. The van der Waals surface area contributed by atoms with Gasteiger partial charge in [-0.1, -0.05) is 0 Å². The van der Waals surface area contributed by atoms with E-state index in [9.17, 15) is 14.9 Å². The van der Waals surface area contributed by atoms with Crippen LogP contribution in [0.3, 0.4) is 0 Å². The van der Waals surface area contributed by atoms with Crippen molar-refractivity contribution in [2.45, 2.75) is 0 Å². The van der Waals surface area contributed by atoms with Gasteiger partial charge in [0.2, 0.25) is 0 Å². The number of nitrogens with one attached hydrogen (secondary N) is 2. The number of nitro benzene ring substituents is 1. The van der Waals surface area contributed by atoms with E-state index in [1.807, 2.05) is 0 Å². The van der Waals surface area contributed by atoms with Crippen molar-refractivity contribution in [3.8, 4) is 0 Å². The lowest BCUT2D eigenvalue weighted by Crippen LogP contribution is -2.12. The number of aromatic nitrogens is 5. The van der Waals surface area contributed by atoms with Gasteiger partial charge in [0.15, 0.2) is 5.52 Å². The number of nitro groups is 1. The number of benzene rings is 2. The van der Waals surface area contributed by atoms with E-state index in [-0.39, 0.29) is 16.8 Å². The zero-order valence-corrected chi connectivity index (χ0v) is 12.6. The van der Waals surface area contributed by atoms with Crippen LogP contribution < -0.4 is 5.32 Å². The minimum atomic E-state index is -0.581. The Hall–Kier alpha value is -3.47. The molecular weight excluding hydrogens is 334 g/mol. The number of aromatic amines is 1. The average Bonchev–Trinajstić information content (AvgIpc) is 3.21. The number of carbonyl (C=O) groups is 1. The minimum absolute atomic E-state index is 0.127. The van der Waals surface area contributed by atoms with E-state index in [2.05, 4.69) is 29.5 Å². The molecule has 11 heteroatoms. The molecule has 1 amide bonds. The Labute approximate surface area is 137 Å². The van der Waals surface area contributed by atoms with Crippen LogP contribution in [0.4, 0.5) is 11.4 Å². The molecule has 4 rings (SSSR count). The summed E-state index contributed by atoms with van der Waals surface area (Å²) in [4.78, 5) is 23.0. The van der Waals surface area contributed by atoms with Crippen LogP contribution in [0.1, 0.15) is 10.4 Å². The van der Waals surface area contributed by atoms with Gasteiger partial charge < -0.3 is 5.32 Å². The molecule has 0 aliphatic carbocycles. The van der Waals surface area contributed by atoms with E-state index < -0.39 is 10.8 Å². The van der Waals surface area contributed by atoms with Gasteiger partial charge in [-0.15, -0.1) is 0 Å². The monoisotopic (exact) mass is 341 g/mol. The molecule has 0 unspecified atom stereocenters. The number of amides is 1. The summed E-state index contributed by atoms with van der Waals surface area (Å²) in [5, 5.41) is 24.2. The number of H-pyrrole nitrogens is 1. The van der Waals surface area contributed by atoms with Crippen LogP contribution in [0.25, 0.3) is 22.1 Å². The standard InChI is InChI=1S/C13H7N7O3S/c21-13(14-7-1-2-8-9(5-7)16-19-15-8)6-3-10-12(18-24-17-10)11(4-6)20(22)23/h1-5H,(H,14,21)(H,15,16,19). The maximum absolute atomic E-state index is 12.4. The van der Waals surface area contributed by atoms with E-state index in [4.69, 9.17) is 0 Å². The summed E-state index contributed by atoms with van der Waals surface area (Å²) in [6, 6.07) is 7.67. The molecule has 118 valence electrons. The quantitative estimate of drug-likeness (QED) is 0.429. The van der Waals surface area contributed by atoms with Gasteiger partial charge in [-0.25, -0.2) is 0 Å². The molecule has 2 aromatic heterocycles. The first-order valence-corrected chi connectivity index (χ1v) is 7.37. The smallest absolute Gasteiger partial charge is 0.299 e. The molecule has 0 radical (unpaired) electrons. The lowest BCUT2D eigenvalue weighted by Gasteiger charge is -2.05. The Morgan fingerprint density at radius 3 is 2.79 bits per heavy atom. The normalized spacial score (nSPS) is 11.0. The number of rotatable bonds is 3. The molecule has 0 bridgehead atoms. The first kappa shape index (κ1) is 14.1. The largest absolute Gasteiger partial charge is 0.322 e. The van der Waals surface area contributed by atoms with Crippen LogP contribution >= 0.6 is 11.7 Å². The van der Waals surface area contributed by atoms with Crippen molar-refractivity contribution < 1.29 is 9.72 Å². The van der Waals surface area contributed by atoms with Crippen molar-refractivity contribution in [1.29, 1.82) is 0 Å². The Bertz CT molecular complexity index is 1100. The first-order chi connectivity index (χ1) is 11.6. The van der Waals surface area contributed by atoms with E-state index in [0.717, 1.165) is 11.7 Å². The average molecular weight is 341 g/mol. The van der Waals surface area contributed by atoms with Gasteiger partial charge in [0.1, 0.15) is 16.6 Å². The van der Waals surface area contributed by atoms with E-state index in [0.29, 0.717) is 22.2 Å². The van der Waals surface area contributed by atoms with Crippen molar-refractivity contribution in [3.05, 3.63) is 46.0 Å². The second kappa shape index (κ2) is 5.31. The first-order valence-electron chi connectivity index (χ1n) is 6.64. The highest BCUT2D eigenvalue weighted by Crippen LogP contribution is 2.26. The molecule has 2 N–H and O–H groups in total. The molecule has 0 saturated heterocycles. The summed E-state index contributed by atoms with van der Waals surface area (Å²) in [7, 11) is 0. The van der Waals surface area contributed by atoms with Crippen LogP contribution in [0, 0.1) is 10.1 Å². The molecular formula is C13H7N7O3S. The van der Waals surface area contributed by atoms with Crippen molar-refractivity contribution >= 4 is 51.1 Å². The predicted octanol–water partition coefficient (Wildman–Crippen LogP) is 2.12. The molecule has 0 aliphatic heterocycles. The number of anilines is 1. The molecule has 0 saturated carbocycles. The Kier molecular flexibility index (Phi) is 3.13. The second-order valence-corrected chi connectivity index (χ2v) is 5.39. The van der Waals surface area contributed by atoms with Gasteiger partial charge in [-0.05, 0) is 24.3 Å². The maximum Gasteiger partial charge on any atom is 0.299 e. The lowest BCUT2D eigenvalue weighted by molar-refractivity contribution is -0.383. The summed E-state index contributed by atoms with van der Waals surface area (Å²) in [5.41, 5.74) is 2.12. The number of hydrogen-bond acceptors (Lipinski definition) is 8. The minimum Gasteiger partial charge on any atom is -0.322 e. The number of hydrogen-bond donors (Lipinski definition) is 2. The summed E-state index contributed by atoms with van der Waals surface area (Å²) >= 11 is 0.856. The van der Waals surface area contributed by atoms with Crippen molar-refractivity contribution in [1.82, 2.24) is 24.2 Å². The Morgan fingerprint density at radius 2 is 1.96 bits per heavy atom. The summed E-state index contributed by atoms with van der Waals surface area (Å²) in [6.07, 6.45) is 0. The van der Waals surface area contributed by atoms with Gasteiger partial charge in [-0.2, -0.15) is 24.2 Å². The molecule has 2 aromatic carbocycles. The Morgan fingerprint density at radius 1 is 1.12 bits per heavy atom. The van der Waals surface area contributed by atoms with Crippen molar-refractivity contribution in [2.75, 3.05) is 5.32 Å². The second-order valence-electron chi connectivity index (χ2n) is 4.87. The SMILES string of the molecule is O=C(Nc1ccc2n[nH]nc2c1)c1cc([N+](=O)[O-])c2nsnc2c1. The number of nitrogens with zero attached hydrogens (tertiary/aromatic N) is 5. The zero-order chi connectivity index (χ0) is 16.7. The molecule has 0 fully saturated rings. The number of non-ortho nitro benzene ring substituents is 1. The zero-order valence-electron chi connectivity index (χ0n) is 11.8. The summed E-state index contributed by atoms with van der Waals surface area (Å²) in [5.74, 6) is -0.490. The van der Waals surface area contributed by atoms with E-state index >= 15 is 0 Å². The van der Waals surface area contributed by atoms with Crippen molar-refractivity contribution in [3.63, 3.8) is 0 Å². The van der Waals surface area contributed by atoms with Crippen LogP contribution in [0.15, 0.2) is 30.3 Å². The predicted molar refractivity (Wildman–Crippen MR) is 85.9 cm³/mol. The molecule has 0 aliphatic rings. The molecule has 24 heavy (non-hydrogen) atoms. The number of fused-ring (bicyclic) bond motifs is 2. The topological polar surface area (TPSA) is 140 Å². The third-order valence-corrected chi connectivity index (χ3v) is 3.92. The van der Waals surface area contributed by atoms with E-state index in [1.54, 1.807) is 18.2 Å². The van der Waals surface area contributed by atoms with Crippen LogP contribution in [0.2, 0.25) is 0 Å². The molecule has 0 atom stereocenters. The third kappa shape index (κ3) is 2.32. The Balaban J connectivity index is 1.70. The lowest BCUT2D eigenvalue weighted by atomic mass is 10.1. The van der Waals surface area contributed by atoms with Gasteiger partial charge in [0, 0.05) is 17.3 Å². The van der Waals surface area contributed by atoms with Gasteiger partial charge in [-0.3, -0.25) is 14.9 Å². The van der Waals surface area contributed by atoms with E-state index in [1.165, 1.54) is 12.1 Å². The maximum atomic E-state index is 12.4. The molecule has 2 heterocycles. The van der Waals surface area contributed by atoms with Crippen LogP contribution in [0.5, 0.6) is 0 Å².